The van der Waals surface area contributed by atoms with Gasteiger partial charge in [0.05, 0.1) is 13.2 Å². The molecule has 2 heteroatoms. The van der Waals surface area contributed by atoms with Crippen LogP contribution in [0.3, 0.4) is 0 Å². The van der Waals surface area contributed by atoms with Crippen LogP contribution in [0.2, 0.25) is 0 Å². The van der Waals surface area contributed by atoms with E-state index in [1.165, 1.54) is 11.1 Å². The molecule has 0 aliphatic carbocycles. The molecule has 1 atom stereocenters. The molecule has 0 radical (unpaired) electrons. The molecule has 2 nitrogen and oxygen atoms in total. The Hall–Kier alpha value is -1.80. The minimum atomic E-state index is -0.500. The number of hydrogen-bond acceptors (Lipinski definition) is 2. The Morgan fingerprint density at radius 3 is 2.43 bits per heavy atom. The first-order valence-electron chi connectivity index (χ1n) is 7.40. The molecular weight excluding hydrogens is 260 g/mol. The van der Waals surface area contributed by atoms with Crippen LogP contribution >= 0.6 is 0 Å². The topological polar surface area (TPSA) is 29.5 Å². The van der Waals surface area contributed by atoms with Crippen molar-refractivity contribution in [2.75, 3.05) is 7.11 Å². The normalized spacial score (nSPS) is 12.2. The van der Waals surface area contributed by atoms with Gasteiger partial charge in [0.25, 0.3) is 0 Å². The Labute approximate surface area is 127 Å². The van der Waals surface area contributed by atoms with E-state index < -0.39 is 6.10 Å². The van der Waals surface area contributed by atoms with E-state index in [-0.39, 0.29) is 0 Å². The molecule has 2 aromatic carbocycles. The molecule has 1 N–H and O–H groups in total. The molecule has 0 saturated heterocycles. The molecule has 112 valence electrons. The maximum atomic E-state index is 10.6. The maximum Gasteiger partial charge on any atom is 0.125 e. The number of aliphatic hydroxyl groups excluding tert-OH is 1. The van der Waals surface area contributed by atoms with Crippen molar-refractivity contribution >= 4 is 0 Å². The van der Waals surface area contributed by atoms with Gasteiger partial charge in [-0.3, -0.25) is 0 Å². The zero-order chi connectivity index (χ0) is 15.4. The fourth-order valence-electron chi connectivity index (χ4n) is 2.86. The van der Waals surface area contributed by atoms with E-state index in [2.05, 4.69) is 25.1 Å². The third-order valence-corrected chi connectivity index (χ3v) is 3.99. The van der Waals surface area contributed by atoms with E-state index in [0.29, 0.717) is 6.42 Å². The van der Waals surface area contributed by atoms with Crippen LogP contribution in [0.1, 0.15) is 40.3 Å². The zero-order valence-electron chi connectivity index (χ0n) is 13.3. The molecule has 0 saturated carbocycles. The average molecular weight is 284 g/mol. The van der Waals surface area contributed by atoms with Crippen LogP contribution in [-0.2, 0) is 6.42 Å². The van der Waals surface area contributed by atoms with Crippen molar-refractivity contribution in [2.24, 2.45) is 0 Å². The smallest absolute Gasteiger partial charge is 0.125 e. The van der Waals surface area contributed by atoms with Gasteiger partial charge in [0, 0.05) is 5.56 Å². The highest BCUT2D eigenvalue weighted by Crippen LogP contribution is 2.32. The summed E-state index contributed by atoms with van der Waals surface area (Å²) in [5, 5.41) is 10.6. The van der Waals surface area contributed by atoms with E-state index in [9.17, 15) is 5.11 Å². The van der Waals surface area contributed by atoms with Gasteiger partial charge in [-0.25, -0.2) is 0 Å². The lowest BCUT2D eigenvalue weighted by molar-refractivity contribution is 0.163. The van der Waals surface area contributed by atoms with E-state index in [4.69, 9.17) is 4.74 Å². The highest BCUT2D eigenvalue weighted by Gasteiger charge is 2.17. The minimum absolute atomic E-state index is 0.500. The van der Waals surface area contributed by atoms with Gasteiger partial charge in [-0.15, -0.1) is 0 Å². The van der Waals surface area contributed by atoms with E-state index >= 15 is 0 Å². The standard InChI is InChI=1S/C19H24O2/c1-13-11-15(3)19(18(12-13)21-4)17(20)10-9-16-8-6-5-7-14(16)2/h5-8,11-12,17,20H,9-10H2,1-4H3. The van der Waals surface area contributed by atoms with Gasteiger partial charge in [-0.2, -0.15) is 0 Å². The second kappa shape index (κ2) is 6.77. The summed E-state index contributed by atoms with van der Waals surface area (Å²) in [6.45, 7) is 6.18. The predicted octanol–water partition coefficient (Wildman–Crippen LogP) is 4.29. The molecular formula is C19H24O2. The number of aliphatic hydroxyl groups is 1. The SMILES string of the molecule is COc1cc(C)cc(C)c1C(O)CCc1ccccc1C. The molecule has 21 heavy (non-hydrogen) atoms. The van der Waals surface area contributed by atoms with Crippen molar-refractivity contribution in [3.8, 4) is 5.75 Å². The summed E-state index contributed by atoms with van der Waals surface area (Å²) in [5.74, 6) is 0.782. The monoisotopic (exact) mass is 284 g/mol. The molecule has 0 fully saturated rings. The van der Waals surface area contributed by atoms with Crippen LogP contribution in [0.4, 0.5) is 0 Å². The van der Waals surface area contributed by atoms with Crippen molar-refractivity contribution in [3.63, 3.8) is 0 Å². The number of ether oxygens (including phenoxy) is 1. The largest absolute Gasteiger partial charge is 0.496 e. The first-order chi connectivity index (χ1) is 10.0. The Balaban J connectivity index is 2.17. The van der Waals surface area contributed by atoms with Gasteiger partial charge in [0.1, 0.15) is 5.75 Å². The quantitative estimate of drug-likeness (QED) is 0.887. The van der Waals surface area contributed by atoms with Crippen molar-refractivity contribution in [1.29, 1.82) is 0 Å². The van der Waals surface area contributed by atoms with Gasteiger partial charge >= 0.3 is 0 Å². The predicted molar refractivity (Wildman–Crippen MR) is 86.9 cm³/mol. The summed E-state index contributed by atoms with van der Waals surface area (Å²) in [6, 6.07) is 12.4. The van der Waals surface area contributed by atoms with Crippen molar-refractivity contribution < 1.29 is 9.84 Å². The molecule has 0 aliphatic heterocycles. The Kier molecular flexibility index (Phi) is 5.03. The van der Waals surface area contributed by atoms with Crippen LogP contribution in [0, 0.1) is 20.8 Å². The molecule has 0 bridgehead atoms. The fraction of sp³-hybridized carbons (Fsp3) is 0.368. The van der Waals surface area contributed by atoms with Crippen LogP contribution in [0.25, 0.3) is 0 Å². The van der Waals surface area contributed by atoms with E-state index in [1.807, 2.05) is 32.0 Å². The second-order valence-corrected chi connectivity index (χ2v) is 5.68. The maximum absolute atomic E-state index is 10.6. The van der Waals surface area contributed by atoms with Crippen molar-refractivity contribution in [3.05, 3.63) is 64.2 Å². The van der Waals surface area contributed by atoms with Crippen LogP contribution in [-0.4, -0.2) is 12.2 Å². The van der Waals surface area contributed by atoms with Crippen molar-refractivity contribution in [2.45, 2.75) is 39.7 Å². The van der Waals surface area contributed by atoms with E-state index in [0.717, 1.165) is 28.9 Å². The molecule has 0 aromatic heterocycles. The lowest BCUT2D eigenvalue weighted by Gasteiger charge is -2.18. The highest BCUT2D eigenvalue weighted by molar-refractivity contribution is 5.44. The van der Waals surface area contributed by atoms with Gasteiger partial charge < -0.3 is 9.84 Å². The average Bonchev–Trinajstić information content (AvgIpc) is 2.45. The Bertz CT molecular complexity index is 617. The first kappa shape index (κ1) is 15.6. The third kappa shape index (κ3) is 3.64. The molecule has 0 spiro atoms. The molecule has 0 heterocycles. The third-order valence-electron chi connectivity index (χ3n) is 3.99. The molecule has 0 aliphatic rings. The lowest BCUT2D eigenvalue weighted by Crippen LogP contribution is -2.05. The van der Waals surface area contributed by atoms with Crippen LogP contribution in [0.15, 0.2) is 36.4 Å². The summed E-state index contributed by atoms with van der Waals surface area (Å²) in [5.41, 5.74) is 5.72. The summed E-state index contributed by atoms with van der Waals surface area (Å²) in [6.07, 6.45) is 1.07. The number of methoxy groups -OCH3 is 1. The molecule has 2 rings (SSSR count). The molecule has 1 unspecified atom stereocenters. The van der Waals surface area contributed by atoms with Crippen LogP contribution in [0.5, 0.6) is 5.75 Å². The number of rotatable bonds is 5. The molecule has 2 aromatic rings. The zero-order valence-corrected chi connectivity index (χ0v) is 13.3. The summed E-state index contributed by atoms with van der Waals surface area (Å²) >= 11 is 0. The summed E-state index contributed by atoms with van der Waals surface area (Å²) in [4.78, 5) is 0. The van der Waals surface area contributed by atoms with Gasteiger partial charge in [0.15, 0.2) is 0 Å². The Morgan fingerprint density at radius 1 is 1.05 bits per heavy atom. The van der Waals surface area contributed by atoms with Crippen LogP contribution < -0.4 is 4.74 Å². The summed E-state index contributed by atoms with van der Waals surface area (Å²) < 4.78 is 5.44. The van der Waals surface area contributed by atoms with Crippen molar-refractivity contribution in [1.82, 2.24) is 0 Å². The summed E-state index contributed by atoms with van der Waals surface area (Å²) in [7, 11) is 1.66. The number of hydrogen-bond donors (Lipinski definition) is 1. The lowest BCUT2D eigenvalue weighted by atomic mass is 9.94. The highest BCUT2D eigenvalue weighted by atomic mass is 16.5. The van der Waals surface area contributed by atoms with Gasteiger partial charge in [0.2, 0.25) is 0 Å². The Morgan fingerprint density at radius 2 is 1.76 bits per heavy atom. The first-order valence-corrected chi connectivity index (χ1v) is 7.40. The second-order valence-electron chi connectivity index (χ2n) is 5.68. The number of aryl methyl sites for hydroxylation is 4. The fourth-order valence-corrected chi connectivity index (χ4v) is 2.86. The number of benzene rings is 2. The van der Waals surface area contributed by atoms with E-state index in [1.54, 1.807) is 7.11 Å². The van der Waals surface area contributed by atoms with Gasteiger partial charge in [-0.05, 0) is 61.9 Å². The molecule has 0 amide bonds. The minimum Gasteiger partial charge on any atom is -0.496 e. The van der Waals surface area contributed by atoms with Gasteiger partial charge in [-0.1, -0.05) is 30.3 Å².